The van der Waals surface area contributed by atoms with Gasteiger partial charge in [-0.05, 0) is 24.1 Å². The lowest BCUT2D eigenvalue weighted by Gasteiger charge is -2.33. The third-order valence-corrected chi connectivity index (χ3v) is 5.61. The van der Waals surface area contributed by atoms with Gasteiger partial charge in [0.05, 0.1) is 13.7 Å². The fourth-order valence-electron chi connectivity index (χ4n) is 3.07. The Kier molecular flexibility index (Phi) is 6.74. The van der Waals surface area contributed by atoms with Gasteiger partial charge in [0.25, 0.3) is 5.91 Å². The molecule has 2 heterocycles. The zero-order valence-electron chi connectivity index (χ0n) is 17.3. The first-order valence-corrected chi connectivity index (χ1v) is 10.6. The van der Waals surface area contributed by atoms with Gasteiger partial charge in [-0.15, -0.1) is 11.3 Å². The fourth-order valence-corrected chi connectivity index (χ4v) is 3.86. The summed E-state index contributed by atoms with van der Waals surface area (Å²) < 4.78 is 11.3. The van der Waals surface area contributed by atoms with Crippen LogP contribution in [0.2, 0.25) is 0 Å². The van der Waals surface area contributed by atoms with E-state index in [1.165, 1.54) is 11.3 Å². The first-order valence-electron chi connectivity index (χ1n) is 9.70. The molecule has 0 aliphatic carbocycles. The molecule has 1 aromatic heterocycles. The maximum Gasteiger partial charge on any atom is 0.273 e. The molecule has 0 bridgehead atoms. The molecule has 0 saturated carbocycles. The average Bonchev–Trinajstić information content (AvgIpc) is 3.21. The number of methoxy groups -OCH3 is 1. The van der Waals surface area contributed by atoms with Crippen molar-refractivity contribution < 1.29 is 19.1 Å². The van der Waals surface area contributed by atoms with Crippen LogP contribution in [-0.2, 0) is 4.79 Å². The molecule has 1 fully saturated rings. The number of ether oxygens (including phenoxy) is 2. The Morgan fingerprint density at radius 1 is 1.14 bits per heavy atom. The monoisotopic (exact) mass is 417 g/mol. The number of aromatic nitrogens is 1. The van der Waals surface area contributed by atoms with Crippen molar-refractivity contribution in [1.29, 1.82) is 0 Å². The normalized spacial score (nSPS) is 14.2. The highest BCUT2D eigenvalue weighted by molar-refractivity contribution is 7.13. The number of hydrogen-bond donors (Lipinski definition) is 0. The van der Waals surface area contributed by atoms with E-state index in [2.05, 4.69) is 18.8 Å². The molecule has 0 spiro atoms. The van der Waals surface area contributed by atoms with Crippen molar-refractivity contribution in [1.82, 2.24) is 14.8 Å². The second kappa shape index (κ2) is 9.26. The van der Waals surface area contributed by atoms with E-state index < -0.39 is 0 Å². The molecule has 0 unspecified atom stereocenters. The standard InChI is InChI=1S/C21H27N3O4S/c1-14(2)12-28-18-6-5-16(11-19(18)27-4)20-22-17(13-29-20)21(26)24-9-7-23(8-10-24)15(3)25/h5-6,11,13-14H,7-10,12H2,1-4H3. The van der Waals surface area contributed by atoms with Crippen LogP contribution >= 0.6 is 11.3 Å². The van der Waals surface area contributed by atoms with Gasteiger partial charge in [-0.3, -0.25) is 9.59 Å². The Morgan fingerprint density at radius 3 is 2.45 bits per heavy atom. The highest BCUT2D eigenvalue weighted by Gasteiger charge is 2.25. The predicted octanol–water partition coefficient (Wildman–Crippen LogP) is 3.16. The second-order valence-electron chi connectivity index (χ2n) is 7.41. The van der Waals surface area contributed by atoms with Gasteiger partial charge < -0.3 is 19.3 Å². The lowest BCUT2D eigenvalue weighted by molar-refractivity contribution is -0.130. The van der Waals surface area contributed by atoms with Gasteiger partial charge in [0.2, 0.25) is 5.91 Å². The molecule has 0 radical (unpaired) electrons. The lowest BCUT2D eigenvalue weighted by Crippen LogP contribution is -2.50. The molecule has 1 aliphatic rings. The molecule has 7 nitrogen and oxygen atoms in total. The van der Waals surface area contributed by atoms with Crippen LogP contribution < -0.4 is 9.47 Å². The predicted molar refractivity (Wildman–Crippen MR) is 113 cm³/mol. The van der Waals surface area contributed by atoms with E-state index in [-0.39, 0.29) is 11.8 Å². The summed E-state index contributed by atoms with van der Waals surface area (Å²) in [6.45, 7) is 8.53. The maximum absolute atomic E-state index is 12.8. The molecule has 29 heavy (non-hydrogen) atoms. The fraction of sp³-hybridized carbons (Fsp3) is 0.476. The van der Waals surface area contributed by atoms with Gasteiger partial charge in [-0.2, -0.15) is 0 Å². The highest BCUT2D eigenvalue weighted by atomic mass is 32.1. The molecule has 0 N–H and O–H groups in total. The molecule has 3 rings (SSSR count). The van der Waals surface area contributed by atoms with Crippen LogP contribution in [0.15, 0.2) is 23.6 Å². The second-order valence-corrected chi connectivity index (χ2v) is 8.26. The van der Waals surface area contributed by atoms with E-state index in [0.29, 0.717) is 55.9 Å². The van der Waals surface area contributed by atoms with E-state index in [1.54, 1.807) is 29.2 Å². The number of hydrogen-bond acceptors (Lipinski definition) is 6. The average molecular weight is 418 g/mol. The minimum Gasteiger partial charge on any atom is -0.493 e. The summed E-state index contributed by atoms with van der Waals surface area (Å²) in [6, 6.07) is 5.69. The number of carbonyl (C=O) groups excluding carboxylic acids is 2. The van der Waals surface area contributed by atoms with Crippen molar-refractivity contribution >= 4 is 23.2 Å². The van der Waals surface area contributed by atoms with E-state index in [1.807, 2.05) is 18.2 Å². The van der Waals surface area contributed by atoms with Crippen molar-refractivity contribution in [2.45, 2.75) is 20.8 Å². The number of rotatable bonds is 6. The molecule has 1 saturated heterocycles. The van der Waals surface area contributed by atoms with Crippen molar-refractivity contribution in [3.63, 3.8) is 0 Å². The summed E-state index contributed by atoms with van der Waals surface area (Å²) >= 11 is 1.42. The molecule has 2 amide bonds. The number of benzene rings is 1. The summed E-state index contributed by atoms with van der Waals surface area (Å²) in [5.74, 6) is 1.71. The first-order chi connectivity index (χ1) is 13.9. The summed E-state index contributed by atoms with van der Waals surface area (Å²) in [7, 11) is 1.61. The van der Waals surface area contributed by atoms with Gasteiger partial charge in [0.1, 0.15) is 10.7 Å². The number of carbonyl (C=O) groups is 2. The Labute approximate surface area is 175 Å². The van der Waals surface area contributed by atoms with E-state index in [9.17, 15) is 9.59 Å². The van der Waals surface area contributed by atoms with E-state index in [0.717, 1.165) is 10.6 Å². The SMILES string of the molecule is COc1cc(-c2nc(C(=O)N3CCN(C(C)=O)CC3)cs2)ccc1OCC(C)C. The van der Waals surface area contributed by atoms with Crippen LogP contribution in [0.3, 0.4) is 0 Å². The molecule has 1 aliphatic heterocycles. The Hall–Kier alpha value is -2.61. The first kappa shape index (κ1) is 21.1. The van der Waals surface area contributed by atoms with Crippen molar-refractivity contribution in [2.75, 3.05) is 39.9 Å². The number of thiazole rings is 1. The molecule has 156 valence electrons. The zero-order chi connectivity index (χ0) is 21.0. The number of amides is 2. The quantitative estimate of drug-likeness (QED) is 0.722. The third kappa shape index (κ3) is 5.06. The summed E-state index contributed by atoms with van der Waals surface area (Å²) in [5.41, 5.74) is 1.31. The molecule has 2 aromatic rings. The minimum absolute atomic E-state index is 0.0443. The van der Waals surface area contributed by atoms with Crippen molar-refractivity contribution in [3.05, 3.63) is 29.3 Å². The third-order valence-electron chi connectivity index (χ3n) is 4.72. The molecular weight excluding hydrogens is 390 g/mol. The zero-order valence-corrected chi connectivity index (χ0v) is 18.1. The Balaban J connectivity index is 1.71. The Bertz CT molecular complexity index is 873. The molecule has 8 heteroatoms. The minimum atomic E-state index is -0.0976. The smallest absolute Gasteiger partial charge is 0.273 e. The summed E-state index contributed by atoms with van der Waals surface area (Å²) in [6.07, 6.45) is 0. The summed E-state index contributed by atoms with van der Waals surface area (Å²) in [5, 5.41) is 2.54. The van der Waals surface area contributed by atoms with Gasteiger partial charge >= 0.3 is 0 Å². The van der Waals surface area contributed by atoms with Crippen LogP contribution in [0.25, 0.3) is 10.6 Å². The maximum atomic E-state index is 12.8. The van der Waals surface area contributed by atoms with E-state index >= 15 is 0 Å². The van der Waals surface area contributed by atoms with Gasteiger partial charge in [0.15, 0.2) is 11.5 Å². The largest absolute Gasteiger partial charge is 0.493 e. The van der Waals surface area contributed by atoms with Crippen LogP contribution in [-0.4, -0.2) is 66.5 Å². The number of piperazine rings is 1. The Morgan fingerprint density at radius 2 is 1.83 bits per heavy atom. The van der Waals surface area contributed by atoms with Crippen LogP contribution in [0.1, 0.15) is 31.3 Å². The van der Waals surface area contributed by atoms with Crippen molar-refractivity contribution in [2.24, 2.45) is 5.92 Å². The number of nitrogens with zero attached hydrogens (tertiary/aromatic N) is 3. The highest BCUT2D eigenvalue weighted by Crippen LogP contribution is 2.34. The van der Waals surface area contributed by atoms with Gasteiger partial charge in [0, 0.05) is 44.0 Å². The van der Waals surface area contributed by atoms with E-state index in [4.69, 9.17) is 9.47 Å². The topological polar surface area (TPSA) is 72.0 Å². The van der Waals surface area contributed by atoms with Crippen LogP contribution in [0, 0.1) is 5.92 Å². The van der Waals surface area contributed by atoms with Crippen molar-refractivity contribution in [3.8, 4) is 22.1 Å². The van der Waals surface area contributed by atoms with Gasteiger partial charge in [-0.25, -0.2) is 4.98 Å². The molecule has 0 atom stereocenters. The van der Waals surface area contributed by atoms with Crippen LogP contribution in [0.4, 0.5) is 0 Å². The summed E-state index contributed by atoms with van der Waals surface area (Å²) in [4.78, 5) is 32.3. The van der Waals surface area contributed by atoms with Crippen LogP contribution in [0.5, 0.6) is 11.5 Å². The lowest BCUT2D eigenvalue weighted by atomic mass is 10.2. The molecular formula is C21H27N3O4S. The van der Waals surface area contributed by atoms with Gasteiger partial charge in [-0.1, -0.05) is 13.8 Å². The molecule has 1 aromatic carbocycles.